The van der Waals surface area contributed by atoms with Gasteiger partial charge in [0.05, 0.1) is 49.8 Å². The van der Waals surface area contributed by atoms with Gasteiger partial charge >= 0.3 is 0 Å². The van der Waals surface area contributed by atoms with Gasteiger partial charge < -0.3 is 0 Å². The highest BCUT2D eigenvalue weighted by Crippen LogP contribution is 2.27. The molecule has 0 radical (unpaired) electrons. The summed E-state index contributed by atoms with van der Waals surface area (Å²) in [6.45, 7) is 41.5. The quantitative estimate of drug-likeness (QED) is 0.164. The van der Waals surface area contributed by atoms with Crippen LogP contribution in [0.5, 0.6) is 0 Å². The monoisotopic (exact) mass is 817 g/mol. The number of halogens is 3. The predicted octanol–water partition coefficient (Wildman–Crippen LogP) is 11.4. The molecule has 5 rings (SSSR count). The molecular formula is C43H71ClF2N10O. The van der Waals surface area contributed by atoms with E-state index in [1.54, 1.807) is 27.8 Å². The van der Waals surface area contributed by atoms with Crippen molar-refractivity contribution in [3.8, 4) is 0 Å². The van der Waals surface area contributed by atoms with E-state index in [9.17, 15) is 13.6 Å². The van der Waals surface area contributed by atoms with E-state index in [1.807, 2.05) is 90.1 Å². The van der Waals surface area contributed by atoms with Crippen LogP contribution in [-0.4, -0.2) is 54.7 Å². The van der Waals surface area contributed by atoms with E-state index in [-0.39, 0.29) is 39.2 Å². The van der Waals surface area contributed by atoms with Crippen molar-refractivity contribution in [3.63, 3.8) is 0 Å². The lowest BCUT2D eigenvalue weighted by molar-refractivity contribution is 0.0116. The van der Waals surface area contributed by atoms with Crippen molar-refractivity contribution in [3.05, 3.63) is 88.2 Å². The first kappa shape index (κ1) is 50.9. The fourth-order valence-corrected chi connectivity index (χ4v) is 5.19. The first-order chi connectivity index (χ1) is 25.5. The SMILES string of the molecule is CC(=O)c1ccn(C(C)(C)C)n1.CC(C)(C)n1cccn1.CC(F)(F)c1ccn(C(C)(C)C)n1.Cc1cc(C)n(C(C)(C)C)n1.Cc1nn(C(C)(C)C)c(C)c1Cl. The molecule has 0 N–H and O–H groups in total. The molecule has 320 valence electrons. The fourth-order valence-electron chi connectivity index (χ4n) is 5.07. The van der Waals surface area contributed by atoms with Gasteiger partial charge in [-0.3, -0.25) is 28.2 Å². The van der Waals surface area contributed by atoms with Crippen LogP contribution in [0.2, 0.25) is 5.02 Å². The number of aromatic nitrogens is 10. The first-order valence-corrected chi connectivity index (χ1v) is 19.6. The normalized spacial score (nSPS) is 12.3. The molecule has 0 saturated heterocycles. The van der Waals surface area contributed by atoms with Gasteiger partial charge in [0, 0.05) is 44.3 Å². The van der Waals surface area contributed by atoms with E-state index in [4.69, 9.17) is 11.6 Å². The van der Waals surface area contributed by atoms with Gasteiger partial charge in [-0.15, -0.1) is 0 Å². The summed E-state index contributed by atoms with van der Waals surface area (Å²) in [5, 5.41) is 21.6. The smallest absolute Gasteiger partial charge is 0.288 e. The Hall–Kier alpha value is -4.13. The van der Waals surface area contributed by atoms with E-state index >= 15 is 0 Å². The highest BCUT2D eigenvalue weighted by Gasteiger charge is 2.29. The molecule has 0 saturated carbocycles. The molecule has 0 amide bonds. The van der Waals surface area contributed by atoms with Crippen molar-refractivity contribution < 1.29 is 13.6 Å². The molecule has 5 heterocycles. The number of carbonyl (C=O) groups is 1. The molecular weight excluding hydrogens is 746 g/mol. The second-order valence-corrected chi connectivity index (χ2v) is 19.7. The third-order valence-corrected chi connectivity index (χ3v) is 8.59. The molecule has 0 aliphatic rings. The maximum atomic E-state index is 12.8. The molecule has 14 heteroatoms. The van der Waals surface area contributed by atoms with E-state index in [2.05, 4.69) is 105 Å². The summed E-state index contributed by atoms with van der Waals surface area (Å²) in [5.74, 6) is -2.84. The minimum atomic E-state index is -2.85. The Morgan fingerprint density at radius 2 is 1.09 bits per heavy atom. The number of Topliss-reactive ketones (excluding diaryl/α,β-unsaturated/α-hetero) is 1. The van der Waals surface area contributed by atoms with Gasteiger partial charge in [0.25, 0.3) is 5.92 Å². The summed E-state index contributed by atoms with van der Waals surface area (Å²) in [4.78, 5) is 10.9. The summed E-state index contributed by atoms with van der Waals surface area (Å²) >= 11 is 6.02. The van der Waals surface area contributed by atoms with Gasteiger partial charge in [0.15, 0.2) is 5.78 Å². The topological polar surface area (TPSA) is 106 Å². The second kappa shape index (κ2) is 19.1. The zero-order valence-electron chi connectivity index (χ0n) is 38.6. The molecule has 0 aromatic carbocycles. The maximum absolute atomic E-state index is 12.8. The van der Waals surface area contributed by atoms with Crippen LogP contribution < -0.4 is 0 Å². The molecule has 0 aliphatic heterocycles. The molecule has 0 spiro atoms. The van der Waals surface area contributed by atoms with Gasteiger partial charge in [0.2, 0.25) is 0 Å². The van der Waals surface area contributed by atoms with Crippen LogP contribution in [-0.2, 0) is 33.6 Å². The molecule has 0 unspecified atom stereocenters. The number of hydrogen-bond donors (Lipinski definition) is 0. The van der Waals surface area contributed by atoms with E-state index in [1.165, 1.54) is 18.7 Å². The highest BCUT2D eigenvalue weighted by atomic mass is 35.5. The lowest BCUT2D eigenvalue weighted by Crippen LogP contribution is -2.24. The minimum Gasteiger partial charge on any atom is -0.293 e. The van der Waals surface area contributed by atoms with Gasteiger partial charge in [-0.1, -0.05) is 11.6 Å². The Labute approximate surface area is 346 Å². The standard InChI is InChI=1S/C9H15ClN2.C9H14F2N2.C9H14N2O.C9H16N2.C7H12N2/c1-6-8(10)7(2)12(11-6)9(3,4)5;1-8(2,3)13-6-5-7(12-13)9(4,10)11;1-7(12)8-5-6-11(10-8)9(2,3)4;1-7-6-8(2)11(10-7)9(3,4)5;1-7(2,3)9-6-4-5-8-9/h1-5H3;5-6H,1-4H3;5-6H,1-4H3;6H,1-5H3;4-6H,1-3H3. The molecule has 5 aromatic heterocycles. The Kier molecular flexibility index (Phi) is 17.0. The number of rotatable bonds is 2. The van der Waals surface area contributed by atoms with E-state index in [0.717, 1.165) is 29.0 Å². The third-order valence-electron chi connectivity index (χ3n) is 8.04. The molecule has 57 heavy (non-hydrogen) atoms. The molecule has 5 aromatic rings. The zero-order chi connectivity index (χ0) is 44.7. The Morgan fingerprint density at radius 3 is 1.30 bits per heavy atom. The van der Waals surface area contributed by atoms with Crippen molar-refractivity contribution in [2.75, 3.05) is 0 Å². The minimum absolute atomic E-state index is 0.0120. The van der Waals surface area contributed by atoms with Crippen LogP contribution in [0.25, 0.3) is 0 Å². The number of alkyl halides is 2. The summed E-state index contributed by atoms with van der Waals surface area (Å²) < 4.78 is 34.9. The average Bonchev–Trinajstić information content (AvgIpc) is 3.85. The van der Waals surface area contributed by atoms with Gasteiger partial charge in [-0.2, -0.15) is 34.3 Å². The van der Waals surface area contributed by atoms with Crippen molar-refractivity contribution in [2.24, 2.45) is 0 Å². The second-order valence-electron chi connectivity index (χ2n) is 19.3. The van der Waals surface area contributed by atoms with Gasteiger partial charge in [-0.25, -0.2) is 0 Å². The molecule has 0 atom stereocenters. The van der Waals surface area contributed by atoms with Crippen LogP contribution in [0.1, 0.15) is 157 Å². The van der Waals surface area contributed by atoms with Crippen molar-refractivity contribution in [1.82, 2.24) is 48.9 Å². The van der Waals surface area contributed by atoms with Gasteiger partial charge in [0.1, 0.15) is 11.4 Å². The number of carbonyl (C=O) groups excluding carboxylic acids is 1. The lowest BCUT2D eigenvalue weighted by Gasteiger charge is -2.21. The highest BCUT2D eigenvalue weighted by molar-refractivity contribution is 6.31. The Bertz CT molecular complexity index is 1950. The van der Waals surface area contributed by atoms with Crippen LogP contribution in [0.4, 0.5) is 8.78 Å². The van der Waals surface area contributed by atoms with E-state index < -0.39 is 5.92 Å². The number of aryl methyl sites for hydroxylation is 3. The maximum Gasteiger partial charge on any atom is 0.288 e. The number of nitrogens with zero attached hydrogens (tertiary/aromatic N) is 10. The molecule has 0 aliphatic carbocycles. The lowest BCUT2D eigenvalue weighted by atomic mass is 10.1. The number of ketones is 1. The summed E-state index contributed by atoms with van der Waals surface area (Å²) in [5.41, 5.74) is 4.59. The third kappa shape index (κ3) is 16.3. The largest absolute Gasteiger partial charge is 0.293 e. The van der Waals surface area contributed by atoms with Crippen LogP contribution in [0.3, 0.4) is 0 Å². The van der Waals surface area contributed by atoms with Crippen molar-refractivity contribution in [1.29, 1.82) is 0 Å². The zero-order valence-corrected chi connectivity index (χ0v) is 39.4. The predicted molar refractivity (Wildman–Crippen MR) is 230 cm³/mol. The van der Waals surface area contributed by atoms with Crippen LogP contribution >= 0.6 is 11.6 Å². The van der Waals surface area contributed by atoms with Crippen molar-refractivity contribution >= 4 is 17.4 Å². The van der Waals surface area contributed by atoms with Crippen LogP contribution in [0.15, 0.2) is 49.1 Å². The Balaban J connectivity index is 0.000000358. The summed E-state index contributed by atoms with van der Waals surface area (Å²) in [6, 6.07) is 7.13. The molecule has 0 fully saturated rings. The summed E-state index contributed by atoms with van der Waals surface area (Å²) in [6.07, 6.45) is 7.18. The first-order valence-electron chi connectivity index (χ1n) is 19.3. The van der Waals surface area contributed by atoms with Gasteiger partial charge in [-0.05, 0) is 156 Å². The average molecular weight is 818 g/mol. The fraction of sp³-hybridized carbons (Fsp3) is 0.628. The number of hydrogen-bond acceptors (Lipinski definition) is 6. The van der Waals surface area contributed by atoms with Crippen LogP contribution in [0, 0.1) is 27.7 Å². The Morgan fingerprint density at radius 1 is 0.614 bits per heavy atom. The van der Waals surface area contributed by atoms with E-state index in [0.29, 0.717) is 5.69 Å². The molecule has 0 bridgehead atoms. The summed E-state index contributed by atoms with van der Waals surface area (Å²) in [7, 11) is 0. The molecule has 11 nitrogen and oxygen atoms in total. The van der Waals surface area contributed by atoms with Crippen molar-refractivity contribution in [2.45, 2.75) is 179 Å².